The molecule has 0 unspecified atom stereocenters. The highest BCUT2D eigenvalue weighted by Gasteiger charge is 1.82. The van der Waals surface area contributed by atoms with Gasteiger partial charge in [0.1, 0.15) is 0 Å². The zero-order valence-electron chi connectivity index (χ0n) is 6.98. The van der Waals surface area contributed by atoms with Crippen LogP contribution in [0.1, 0.15) is 39.5 Å². The minimum absolute atomic E-state index is 0.0432. The van der Waals surface area contributed by atoms with E-state index in [1.54, 1.807) is 0 Å². The van der Waals surface area contributed by atoms with Crippen molar-refractivity contribution in [1.29, 1.82) is 0 Å². The van der Waals surface area contributed by atoms with Crippen molar-refractivity contribution in [2.45, 2.75) is 45.6 Å². The van der Waals surface area contributed by atoms with Crippen molar-refractivity contribution in [2.75, 3.05) is 0 Å². The van der Waals surface area contributed by atoms with E-state index in [0.29, 0.717) is 0 Å². The van der Waals surface area contributed by atoms with Crippen LogP contribution in [-0.2, 0) is 0 Å². The van der Waals surface area contributed by atoms with Crippen molar-refractivity contribution in [2.24, 2.45) is 5.73 Å². The summed E-state index contributed by atoms with van der Waals surface area (Å²) in [6, 6.07) is 0.0432. The fourth-order valence-electron chi connectivity index (χ4n) is 0.697. The normalized spacial score (nSPS) is 11.9. The molecule has 1 atom stereocenters. The topological polar surface area (TPSA) is 26.0 Å². The number of nitrogens with two attached hydrogens (primary N) is 1. The molecule has 0 aliphatic rings. The van der Waals surface area contributed by atoms with Crippen molar-refractivity contribution in [3.05, 3.63) is 0 Å². The molecule has 10 heavy (non-hydrogen) atoms. The molecule has 58 valence electrons. The standard InChI is InChI=1S/C9H17N/c1-3-4-5-6-7-8-9(2)10/h9H,3-6,10H2,1-2H3/t9-/m1/s1. The minimum atomic E-state index is 0.0432. The molecule has 0 aliphatic heterocycles. The average Bonchev–Trinajstić information content (AvgIpc) is 1.87. The van der Waals surface area contributed by atoms with Gasteiger partial charge in [0.05, 0.1) is 6.04 Å². The van der Waals surface area contributed by atoms with Gasteiger partial charge in [-0.15, -0.1) is 5.92 Å². The first kappa shape index (κ1) is 9.52. The predicted molar refractivity (Wildman–Crippen MR) is 45.6 cm³/mol. The molecule has 0 spiro atoms. The summed E-state index contributed by atoms with van der Waals surface area (Å²) in [6.45, 7) is 4.10. The molecular formula is C9H17N. The molecule has 0 saturated carbocycles. The van der Waals surface area contributed by atoms with E-state index < -0.39 is 0 Å². The molecular weight excluding hydrogens is 122 g/mol. The molecule has 0 rings (SSSR count). The number of rotatable bonds is 3. The second kappa shape index (κ2) is 6.64. The molecule has 0 amide bonds. The Morgan fingerprint density at radius 1 is 1.40 bits per heavy atom. The van der Waals surface area contributed by atoms with Gasteiger partial charge in [0.15, 0.2) is 0 Å². The largest absolute Gasteiger partial charge is 0.318 e. The predicted octanol–water partition coefficient (Wildman–Crippen LogP) is 1.92. The Morgan fingerprint density at radius 2 is 2.10 bits per heavy atom. The molecule has 0 radical (unpaired) electrons. The Balaban J connectivity index is 3.12. The first-order valence-electron chi connectivity index (χ1n) is 4.01. The van der Waals surface area contributed by atoms with Crippen LogP contribution in [0.3, 0.4) is 0 Å². The highest BCUT2D eigenvalue weighted by molar-refractivity contribution is 5.04. The number of unbranched alkanes of at least 4 members (excludes halogenated alkanes) is 3. The van der Waals surface area contributed by atoms with E-state index in [9.17, 15) is 0 Å². The summed E-state index contributed by atoms with van der Waals surface area (Å²) in [5.74, 6) is 5.98. The van der Waals surface area contributed by atoms with Crippen LogP contribution >= 0.6 is 0 Å². The third-order valence-electron chi connectivity index (χ3n) is 1.24. The Labute approximate surface area is 64.0 Å². The van der Waals surface area contributed by atoms with Gasteiger partial charge in [-0.3, -0.25) is 0 Å². The van der Waals surface area contributed by atoms with Gasteiger partial charge >= 0.3 is 0 Å². The lowest BCUT2D eigenvalue weighted by atomic mass is 10.2. The van der Waals surface area contributed by atoms with Gasteiger partial charge < -0.3 is 5.73 Å². The van der Waals surface area contributed by atoms with E-state index in [1.807, 2.05) is 6.92 Å². The molecule has 0 aromatic rings. The van der Waals surface area contributed by atoms with Crippen LogP contribution in [0.5, 0.6) is 0 Å². The molecule has 0 aliphatic carbocycles. The molecule has 0 aromatic carbocycles. The van der Waals surface area contributed by atoms with Crippen molar-refractivity contribution in [1.82, 2.24) is 0 Å². The fraction of sp³-hybridized carbons (Fsp3) is 0.778. The van der Waals surface area contributed by atoms with Gasteiger partial charge in [0, 0.05) is 6.42 Å². The quantitative estimate of drug-likeness (QED) is 0.469. The lowest BCUT2D eigenvalue weighted by molar-refractivity contribution is 0.736. The third kappa shape index (κ3) is 7.52. The number of hydrogen-bond acceptors (Lipinski definition) is 1. The van der Waals surface area contributed by atoms with Crippen molar-refractivity contribution in [3.8, 4) is 11.8 Å². The van der Waals surface area contributed by atoms with Crippen LogP contribution in [-0.4, -0.2) is 6.04 Å². The summed E-state index contributed by atoms with van der Waals surface area (Å²) < 4.78 is 0. The molecule has 0 fully saturated rings. The summed E-state index contributed by atoms with van der Waals surface area (Å²) in [4.78, 5) is 0. The Kier molecular flexibility index (Phi) is 6.32. The summed E-state index contributed by atoms with van der Waals surface area (Å²) in [6.07, 6.45) is 4.78. The van der Waals surface area contributed by atoms with Crippen LogP contribution in [0.15, 0.2) is 0 Å². The Bertz CT molecular complexity index is 116. The maximum Gasteiger partial charge on any atom is 0.0635 e. The first-order chi connectivity index (χ1) is 4.77. The van der Waals surface area contributed by atoms with Gasteiger partial charge in [-0.25, -0.2) is 0 Å². The lowest BCUT2D eigenvalue weighted by Crippen LogP contribution is -2.10. The van der Waals surface area contributed by atoms with E-state index in [2.05, 4.69) is 18.8 Å². The van der Waals surface area contributed by atoms with E-state index in [1.165, 1.54) is 19.3 Å². The van der Waals surface area contributed by atoms with E-state index in [0.717, 1.165) is 6.42 Å². The molecule has 0 saturated heterocycles. The second-order valence-corrected chi connectivity index (χ2v) is 2.57. The summed E-state index contributed by atoms with van der Waals surface area (Å²) in [5.41, 5.74) is 5.43. The maximum absolute atomic E-state index is 5.43. The first-order valence-corrected chi connectivity index (χ1v) is 4.01. The van der Waals surface area contributed by atoms with E-state index >= 15 is 0 Å². The minimum Gasteiger partial charge on any atom is -0.318 e. The van der Waals surface area contributed by atoms with Gasteiger partial charge in [-0.1, -0.05) is 25.7 Å². The summed E-state index contributed by atoms with van der Waals surface area (Å²) in [5, 5.41) is 0. The number of hydrogen-bond donors (Lipinski definition) is 1. The van der Waals surface area contributed by atoms with Gasteiger partial charge in [-0.2, -0.15) is 0 Å². The third-order valence-corrected chi connectivity index (χ3v) is 1.24. The zero-order valence-corrected chi connectivity index (χ0v) is 6.98. The monoisotopic (exact) mass is 139 g/mol. The van der Waals surface area contributed by atoms with Crippen LogP contribution in [0, 0.1) is 11.8 Å². The van der Waals surface area contributed by atoms with Gasteiger partial charge in [0.2, 0.25) is 0 Å². The maximum atomic E-state index is 5.43. The second-order valence-electron chi connectivity index (χ2n) is 2.57. The van der Waals surface area contributed by atoms with Crippen LogP contribution in [0.2, 0.25) is 0 Å². The molecule has 2 N–H and O–H groups in total. The highest BCUT2D eigenvalue weighted by atomic mass is 14.6. The van der Waals surface area contributed by atoms with Crippen molar-refractivity contribution >= 4 is 0 Å². The van der Waals surface area contributed by atoms with Crippen LogP contribution in [0.4, 0.5) is 0 Å². The average molecular weight is 139 g/mol. The smallest absolute Gasteiger partial charge is 0.0635 e. The summed E-state index contributed by atoms with van der Waals surface area (Å²) in [7, 11) is 0. The van der Waals surface area contributed by atoms with Crippen LogP contribution < -0.4 is 5.73 Å². The zero-order chi connectivity index (χ0) is 7.82. The summed E-state index contributed by atoms with van der Waals surface area (Å²) >= 11 is 0. The fourth-order valence-corrected chi connectivity index (χ4v) is 0.697. The molecule has 1 heteroatoms. The molecule has 0 heterocycles. The van der Waals surface area contributed by atoms with E-state index in [4.69, 9.17) is 5.73 Å². The molecule has 0 bridgehead atoms. The molecule has 0 aromatic heterocycles. The van der Waals surface area contributed by atoms with Gasteiger partial charge in [0.25, 0.3) is 0 Å². The molecule has 1 nitrogen and oxygen atoms in total. The lowest BCUT2D eigenvalue weighted by Gasteiger charge is -1.90. The highest BCUT2D eigenvalue weighted by Crippen LogP contribution is 1.96. The van der Waals surface area contributed by atoms with Gasteiger partial charge in [-0.05, 0) is 13.3 Å². The van der Waals surface area contributed by atoms with Crippen LogP contribution in [0.25, 0.3) is 0 Å². The van der Waals surface area contributed by atoms with Crippen molar-refractivity contribution in [3.63, 3.8) is 0 Å². The Morgan fingerprint density at radius 3 is 2.60 bits per heavy atom. The van der Waals surface area contributed by atoms with Crippen molar-refractivity contribution < 1.29 is 0 Å². The Hall–Kier alpha value is -0.480. The SMILES string of the molecule is CCCCCC#C[C@@H](C)N. The van der Waals surface area contributed by atoms with E-state index in [-0.39, 0.29) is 6.04 Å².